The Balaban J connectivity index is 1.52. The minimum Gasteiger partial charge on any atom is -0.318 e. The number of benzene rings is 1. The van der Waals surface area contributed by atoms with Crippen molar-refractivity contribution in [2.45, 2.75) is 54.1 Å². The van der Waals surface area contributed by atoms with Gasteiger partial charge >= 0.3 is 12.2 Å². The predicted molar refractivity (Wildman–Crippen MR) is 104 cm³/mol. The number of urea groups is 1. The number of anilines is 1. The molecule has 2 aliphatic rings. The number of carbonyl (C=O) groups is 1. The first-order valence-corrected chi connectivity index (χ1v) is 11.1. The normalized spacial score (nSPS) is 24.0. The van der Waals surface area contributed by atoms with Gasteiger partial charge in [-0.25, -0.2) is 13.2 Å². The first-order valence-electron chi connectivity index (χ1n) is 9.57. The Hall–Kier alpha value is -2.62. The zero-order chi connectivity index (χ0) is 21.5. The maximum atomic E-state index is 13.2. The van der Waals surface area contributed by atoms with Crippen LogP contribution in [0.3, 0.4) is 0 Å². The van der Waals surface area contributed by atoms with E-state index < -0.39 is 32.9 Å². The Morgan fingerprint density at radius 2 is 1.63 bits per heavy atom. The summed E-state index contributed by atoms with van der Waals surface area (Å²) in [6.45, 7) is 0. The van der Waals surface area contributed by atoms with Crippen LogP contribution in [0, 0.1) is 0 Å². The summed E-state index contributed by atoms with van der Waals surface area (Å²) >= 11 is 0. The van der Waals surface area contributed by atoms with Gasteiger partial charge in [0, 0.05) is 24.5 Å². The SMILES string of the molecule is O=C(Nc1ccccc1C(F)(F)F)N1C2CCC1CC(S(=O)(=O)c1ccncc1)C2. The lowest BCUT2D eigenvalue weighted by Crippen LogP contribution is -2.51. The van der Waals surface area contributed by atoms with Crippen molar-refractivity contribution in [1.29, 1.82) is 0 Å². The fourth-order valence-corrected chi connectivity index (χ4v) is 6.29. The molecule has 6 nitrogen and oxygen atoms in total. The largest absolute Gasteiger partial charge is 0.418 e. The minimum atomic E-state index is -4.59. The zero-order valence-corrected chi connectivity index (χ0v) is 16.7. The molecule has 160 valence electrons. The van der Waals surface area contributed by atoms with Crippen molar-refractivity contribution in [3.05, 3.63) is 54.4 Å². The number of para-hydroxylation sites is 1. The lowest BCUT2D eigenvalue weighted by atomic mass is 10.0. The smallest absolute Gasteiger partial charge is 0.318 e. The quantitative estimate of drug-likeness (QED) is 0.781. The van der Waals surface area contributed by atoms with Gasteiger partial charge in [-0.2, -0.15) is 13.2 Å². The van der Waals surface area contributed by atoms with E-state index >= 15 is 0 Å². The summed E-state index contributed by atoms with van der Waals surface area (Å²) < 4.78 is 65.6. The van der Waals surface area contributed by atoms with Crippen LogP contribution in [0.2, 0.25) is 0 Å². The van der Waals surface area contributed by atoms with Gasteiger partial charge in [0.2, 0.25) is 0 Å². The highest BCUT2D eigenvalue weighted by Gasteiger charge is 2.47. The van der Waals surface area contributed by atoms with Gasteiger partial charge in [0.25, 0.3) is 0 Å². The number of halogens is 3. The summed E-state index contributed by atoms with van der Waals surface area (Å²) in [4.78, 5) is 18.4. The van der Waals surface area contributed by atoms with Crippen LogP contribution in [0.1, 0.15) is 31.2 Å². The number of pyridine rings is 1. The first kappa shape index (κ1) is 20.6. The Bertz CT molecular complexity index is 1030. The van der Waals surface area contributed by atoms with Gasteiger partial charge in [0.05, 0.1) is 21.4 Å². The average Bonchev–Trinajstić information content (AvgIpc) is 2.97. The molecule has 2 bridgehead atoms. The molecule has 2 aromatic rings. The van der Waals surface area contributed by atoms with E-state index in [2.05, 4.69) is 10.3 Å². The van der Waals surface area contributed by atoms with E-state index in [9.17, 15) is 26.4 Å². The molecule has 0 saturated carbocycles. The molecule has 2 atom stereocenters. The molecule has 1 N–H and O–H groups in total. The molecule has 2 amide bonds. The van der Waals surface area contributed by atoms with Crippen molar-refractivity contribution >= 4 is 21.6 Å². The van der Waals surface area contributed by atoms with Crippen LogP contribution < -0.4 is 5.32 Å². The Labute approximate surface area is 172 Å². The van der Waals surface area contributed by atoms with Gasteiger partial charge in [-0.1, -0.05) is 12.1 Å². The zero-order valence-electron chi connectivity index (χ0n) is 15.8. The number of sulfone groups is 1. The van der Waals surface area contributed by atoms with E-state index in [1.807, 2.05) is 0 Å². The Morgan fingerprint density at radius 1 is 1.03 bits per heavy atom. The van der Waals surface area contributed by atoms with E-state index in [1.54, 1.807) is 0 Å². The number of rotatable bonds is 3. The third-order valence-corrected chi connectivity index (χ3v) is 8.01. The van der Waals surface area contributed by atoms with Crippen LogP contribution >= 0.6 is 0 Å². The number of hydrogen-bond donors (Lipinski definition) is 1. The number of hydrogen-bond acceptors (Lipinski definition) is 4. The summed E-state index contributed by atoms with van der Waals surface area (Å²) in [5.74, 6) is 0. The summed E-state index contributed by atoms with van der Waals surface area (Å²) in [5.41, 5.74) is -1.22. The van der Waals surface area contributed by atoms with Crippen LogP contribution in [0.25, 0.3) is 0 Å². The number of aromatic nitrogens is 1. The molecule has 1 aromatic carbocycles. The summed E-state index contributed by atoms with van der Waals surface area (Å²) in [6.07, 6.45) is 0.0204. The van der Waals surface area contributed by atoms with E-state index in [-0.39, 0.29) is 35.5 Å². The van der Waals surface area contributed by atoms with Crippen molar-refractivity contribution in [3.8, 4) is 0 Å². The van der Waals surface area contributed by atoms with Crippen molar-refractivity contribution in [2.24, 2.45) is 0 Å². The van der Waals surface area contributed by atoms with Crippen molar-refractivity contribution in [2.75, 3.05) is 5.32 Å². The molecule has 10 heteroatoms. The van der Waals surface area contributed by atoms with Crippen LogP contribution in [0.4, 0.5) is 23.7 Å². The Kier molecular flexibility index (Phi) is 5.21. The lowest BCUT2D eigenvalue weighted by molar-refractivity contribution is -0.136. The number of carbonyl (C=O) groups excluding carboxylic acids is 1. The number of nitrogens with zero attached hydrogens (tertiary/aromatic N) is 2. The third kappa shape index (κ3) is 3.76. The molecular formula is C20H20F3N3O3S. The summed E-state index contributed by atoms with van der Waals surface area (Å²) in [6, 6.07) is 6.42. The second kappa shape index (κ2) is 7.57. The predicted octanol–water partition coefficient (Wildman–Crippen LogP) is 4.10. The molecule has 2 unspecified atom stereocenters. The van der Waals surface area contributed by atoms with Crippen LogP contribution in [-0.4, -0.2) is 41.7 Å². The Morgan fingerprint density at radius 3 is 2.23 bits per heavy atom. The molecule has 0 spiro atoms. The molecule has 2 saturated heterocycles. The molecule has 4 rings (SSSR count). The molecular weight excluding hydrogens is 419 g/mol. The number of nitrogens with one attached hydrogen (secondary N) is 1. The highest BCUT2D eigenvalue weighted by atomic mass is 32.2. The third-order valence-electron chi connectivity index (χ3n) is 5.82. The lowest BCUT2D eigenvalue weighted by Gasteiger charge is -2.38. The van der Waals surface area contributed by atoms with Gasteiger partial charge in [-0.15, -0.1) is 0 Å². The maximum Gasteiger partial charge on any atom is 0.418 e. The van der Waals surface area contributed by atoms with E-state index in [1.165, 1.54) is 47.6 Å². The molecule has 2 aliphatic heterocycles. The van der Waals surface area contributed by atoms with Gasteiger partial charge in [-0.05, 0) is 49.9 Å². The molecule has 1 aromatic heterocycles. The number of piperidine rings is 1. The van der Waals surface area contributed by atoms with Crippen LogP contribution in [0.5, 0.6) is 0 Å². The topological polar surface area (TPSA) is 79.4 Å². The molecule has 0 aliphatic carbocycles. The maximum absolute atomic E-state index is 13.2. The fraction of sp³-hybridized carbons (Fsp3) is 0.400. The summed E-state index contributed by atoms with van der Waals surface area (Å²) in [7, 11) is -3.57. The first-order chi connectivity index (χ1) is 14.2. The van der Waals surface area contributed by atoms with Gasteiger partial charge in [0.1, 0.15) is 0 Å². The van der Waals surface area contributed by atoms with Gasteiger partial charge < -0.3 is 10.2 Å². The van der Waals surface area contributed by atoms with Crippen molar-refractivity contribution in [1.82, 2.24) is 9.88 Å². The van der Waals surface area contributed by atoms with Gasteiger partial charge in [0.15, 0.2) is 9.84 Å². The van der Waals surface area contributed by atoms with E-state index in [4.69, 9.17) is 0 Å². The van der Waals surface area contributed by atoms with Crippen LogP contribution in [0.15, 0.2) is 53.7 Å². The minimum absolute atomic E-state index is 0.193. The number of amides is 2. The molecule has 3 heterocycles. The van der Waals surface area contributed by atoms with Gasteiger partial charge in [-0.3, -0.25) is 4.98 Å². The second-order valence-electron chi connectivity index (χ2n) is 7.59. The van der Waals surface area contributed by atoms with E-state index in [0.717, 1.165) is 6.07 Å². The average molecular weight is 439 g/mol. The standard InChI is InChI=1S/C20H20F3N3O3S/c21-20(22,23)17-3-1-2-4-18(17)25-19(27)26-13-5-6-14(26)12-16(11-13)30(28,29)15-7-9-24-10-8-15/h1-4,7-10,13-14,16H,5-6,11-12H2,(H,25,27). The molecule has 0 radical (unpaired) electrons. The van der Waals surface area contributed by atoms with Crippen molar-refractivity contribution < 1.29 is 26.4 Å². The molecule has 30 heavy (non-hydrogen) atoms. The van der Waals surface area contributed by atoms with Crippen molar-refractivity contribution in [3.63, 3.8) is 0 Å². The monoisotopic (exact) mass is 439 g/mol. The number of alkyl halides is 3. The summed E-state index contributed by atoms with van der Waals surface area (Å²) in [5, 5.41) is 1.75. The van der Waals surface area contributed by atoms with Crippen LogP contribution in [-0.2, 0) is 16.0 Å². The highest BCUT2D eigenvalue weighted by molar-refractivity contribution is 7.92. The number of fused-ring (bicyclic) bond motifs is 2. The second-order valence-corrected chi connectivity index (χ2v) is 9.82. The van der Waals surface area contributed by atoms with E-state index in [0.29, 0.717) is 12.8 Å². The molecule has 2 fully saturated rings. The fourth-order valence-electron chi connectivity index (χ4n) is 4.45. The highest BCUT2D eigenvalue weighted by Crippen LogP contribution is 2.41.